The summed E-state index contributed by atoms with van der Waals surface area (Å²) in [5.41, 5.74) is 7.06. The van der Waals surface area contributed by atoms with Crippen LogP contribution in [0, 0.1) is 5.82 Å². The maximum atomic E-state index is 13.4. The Hall–Kier alpha value is -5.07. The monoisotopic (exact) mass is 548 g/mol. The molecule has 1 amide bonds. The number of anilines is 2. The number of hydrogen-bond acceptors (Lipinski definition) is 7. The molecule has 0 saturated carbocycles. The van der Waals surface area contributed by atoms with E-state index in [0.717, 1.165) is 4.68 Å². The summed E-state index contributed by atoms with van der Waals surface area (Å²) in [7, 11) is 0. The molecular weight excluding hydrogens is 525 g/mol. The second kappa shape index (κ2) is 10.6. The highest BCUT2D eigenvalue weighted by molar-refractivity contribution is 6.03. The Balaban J connectivity index is 1.47. The molecule has 0 spiro atoms. The lowest BCUT2D eigenvalue weighted by molar-refractivity contribution is 0.101. The van der Waals surface area contributed by atoms with Gasteiger partial charge in [0.15, 0.2) is 11.3 Å². The van der Waals surface area contributed by atoms with Crippen molar-refractivity contribution in [2.24, 2.45) is 0 Å². The molecule has 3 heterocycles. The average Bonchev–Trinajstić information content (AvgIpc) is 3.28. The summed E-state index contributed by atoms with van der Waals surface area (Å²) < 4.78 is 42.2. The van der Waals surface area contributed by atoms with E-state index in [0.29, 0.717) is 27.9 Å². The lowest BCUT2D eigenvalue weighted by Gasteiger charge is -2.14. The van der Waals surface area contributed by atoms with Gasteiger partial charge in [-0.2, -0.15) is 10.2 Å². The molecule has 3 aromatic heterocycles. The van der Waals surface area contributed by atoms with Crippen molar-refractivity contribution in [3.05, 3.63) is 82.8 Å². The maximum Gasteiger partial charge on any atom is 0.280 e. The summed E-state index contributed by atoms with van der Waals surface area (Å²) >= 11 is 0. The van der Waals surface area contributed by atoms with E-state index in [4.69, 9.17) is 5.73 Å². The van der Waals surface area contributed by atoms with Gasteiger partial charge in [-0.05, 0) is 43.7 Å². The molecule has 13 heteroatoms. The highest BCUT2D eigenvalue weighted by Crippen LogP contribution is 2.31. The van der Waals surface area contributed by atoms with Crippen LogP contribution in [-0.2, 0) is 6.54 Å². The predicted molar refractivity (Wildman–Crippen MR) is 143 cm³/mol. The van der Waals surface area contributed by atoms with Gasteiger partial charge in [0.05, 0.1) is 5.39 Å². The molecular formula is C27H23F3N8O2. The Labute approximate surface area is 225 Å². The molecule has 204 valence electrons. The number of amides is 1. The third kappa shape index (κ3) is 5.13. The number of carbonyl (C=O) groups is 1. The molecule has 0 fully saturated rings. The number of nitrogens with two attached hydrogens (primary N) is 1. The number of fused-ring (bicyclic) bond motifs is 1. The van der Waals surface area contributed by atoms with Gasteiger partial charge in [-0.15, -0.1) is 0 Å². The normalized spacial score (nSPS) is 11.5. The lowest BCUT2D eigenvalue weighted by atomic mass is 10.1. The molecule has 0 bridgehead atoms. The van der Waals surface area contributed by atoms with Crippen LogP contribution in [0.15, 0.2) is 65.8 Å². The van der Waals surface area contributed by atoms with Gasteiger partial charge in [-0.3, -0.25) is 14.3 Å². The standard InChI is InChI=1S/C27H23F3N8O2/c1-14(2)37-11-19(15-3-7-17(28)8-4-15)24(39)23(36-37)27(40)34-18-9-5-16(6-10-18)22-21-25(31)32-13-33-26(21)38(35-22)12-20(29)30/h3-11,13-14,20H,12H2,1-2H3,(H,34,40)(H2,31,32,33). The Bertz CT molecular complexity index is 1760. The molecule has 0 saturated heterocycles. The summed E-state index contributed by atoms with van der Waals surface area (Å²) in [4.78, 5) is 34.4. The summed E-state index contributed by atoms with van der Waals surface area (Å²) in [6.45, 7) is 3.02. The summed E-state index contributed by atoms with van der Waals surface area (Å²) in [5, 5.41) is 11.5. The van der Waals surface area contributed by atoms with E-state index < -0.39 is 30.1 Å². The molecule has 5 aromatic rings. The van der Waals surface area contributed by atoms with Gasteiger partial charge in [-0.25, -0.2) is 27.8 Å². The summed E-state index contributed by atoms with van der Waals surface area (Å²) in [6, 6.07) is 11.6. The van der Waals surface area contributed by atoms with Gasteiger partial charge in [-0.1, -0.05) is 24.3 Å². The van der Waals surface area contributed by atoms with Crippen molar-refractivity contribution in [3.8, 4) is 22.4 Å². The smallest absolute Gasteiger partial charge is 0.280 e. The van der Waals surface area contributed by atoms with Crippen molar-refractivity contribution in [1.82, 2.24) is 29.5 Å². The molecule has 3 N–H and O–H groups in total. The highest BCUT2D eigenvalue weighted by atomic mass is 19.3. The van der Waals surface area contributed by atoms with Crippen LogP contribution < -0.4 is 16.5 Å². The molecule has 0 aliphatic heterocycles. The number of nitrogens with zero attached hydrogens (tertiary/aromatic N) is 6. The van der Waals surface area contributed by atoms with Crippen molar-refractivity contribution in [1.29, 1.82) is 0 Å². The highest BCUT2D eigenvalue weighted by Gasteiger charge is 2.21. The molecule has 10 nitrogen and oxygen atoms in total. The van der Waals surface area contributed by atoms with Crippen LogP contribution in [0.2, 0.25) is 0 Å². The Morgan fingerprint density at radius 1 is 1.00 bits per heavy atom. The topological polar surface area (TPSA) is 134 Å². The van der Waals surface area contributed by atoms with Gasteiger partial charge < -0.3 is 11.1 Å². The summed E-state index contributed by atoms with van der Waals surface area (Å²) in [5.74, 6) is -1.10. The second-order valence-electron chi connectivity index (χ2n) is 9.21. The first kappa shape index (κ1) is 26.5. The average molecular weight is 549 g/mol. The fraction of sp³-hybridized carbons (Fsp3) is 0.185. The van der Waals surface area contributed by atoms with Crippen LogP contribution in [0.4, 0.5) is 24.7 Å². The Kier molecular flexibility index (Phi) is 7.03. The van der Waals surface area contributed by atoms with Crippen LogP contribution in [0.5, 0.6) is 0 Å². The molecule has 5 rings (SSSR count). The van der Waals surface area contributed by atoms with Crippen LogP contribution in [0.25, 0.3) is 33.4 Å². The fourth-order valence-electron chi connectivity index (χ4n) is 4.15. The quantitative estimate of drug-likeness (QED) is 0.305. The van der Waals surface area contributed by atoms with Gasteiger partial charge in [0.1, 0.15) is 30.2 Å². The van der Waals surface area contributed by atoms with Crippen molar-refractivity contribution < 1.29 is 18.0 Å². The van der Waals surface area contributed by atoms with Gasteiger partial charge in [0, 0.05) is 29.1 Å². The van der Waals surface area contributed by atoms with Gasteiger partial charge in [0.25, 0.3) is 12.3 Å². The van der Waals surface area contributed by atoms with Gasteiger partial charge in [0.2, 0.25) is 5.43 Å². The number of nitrogens with one attached hydrogen (secondary N) is 1. The van der Waals surface area contributed by atoms with Crippen LogP contribution in [0.3, 0.4) is 0 Å². The predicted octanol–water partition coefficient (Wildman–Crippen LogP) is 4.54. The summed E-state index contributed by atoms with van der Waals surface area (Å²) in [6.07, 6.45) is 0.0506. The number of halogens is 3. The van der Waals surface area contributed by atoms with E-state index in [2.05, 4.69) is 25.5 Å². The van der Waals surface area contributed by atoms with Crippen molar-refractivity contribution in [3.63, 3.8) is 0 Å². The number of benzene rings is 2. The first-order valence-electron chi connectivity index (χ1n) is 12.2. The number of rotatable bonds is 7. The van der Waals surface area contributed by atoms with Crippen molar-refractivity contribution >= 4 is 28.4 Å². The molecule has 40 heavy (non-hydrogen) atoms. The van der Waals surface area contributed by atoms with Crippen LogP contribution in [-0.4, -0.2) is 41.9 Å². The van der Waals surface area contributed by atoms with E-state index in [1.54, 1.807) is 24.3 Å². The van der Waals surface area contributed by atoms with Gasteiger partial charge >= 0.3 is 0 Å². The number of aromatic nitrogens is 6. The minimum atomic E-state index is -2.65. The number of nitrogen functional groups attached to an aromatic ring is 1. The van der Waals surface area contributed by atoms with Crippen molar-refractivity contribution in [2.45, 2.75) is 32.9 Å². The Morgan fingerprint density at radius 3 is 2.33 bits per heavy atom. The molecule has 0 aliphatic rings. The second-order valence-corrected chi connectivity index (χ2v) is 9.21. The molecule has 0 aliphatic carbocycles. The number of carbonyl (C=O) groups excluding carboxylic acids is 1. The minimum Gasteiger partial charge on any atom is -0.383 e. The molecule has 0 atom stereocenters. The molecule has 2 aromatic carbocycles. The zero-order chi connectivity index (χ0) is 28.6. The van der Waals surface area contributed by atoms with Crippen LogP contribution in [0.1, 0.15) is 30.4 Å². The third-order valence-electron chi connectivity index (χ3n) is 6.12. The van der Waals surface area contributed by atoms with E-state index in [1.165, 1.54) is 41.5 Å². The maximum absolute atomic E-state index is 13.4. The molecule has 0 unspecified atom stereocenters. The minimum absolute atomic E-state index is 0.0893. The lowest BCUT2D eigenvalue weighted by Crippen LogP contribution is -2.28. The van der Waals surface area contributed by atoms with E-state index >= 15 is 0 Å². The molecule has 0 radical (unpaired) electrons. The third-order valence-corrected chi connectivity index (χ3v) is 6.12. The largest absolute Gasteiger partial charge is 0.383 e. The Morgan fingerprint density at radius 2 is 1.68 bits per heavy atom. The van der Waals surface area contributed by atoms with Crippen LogP contribution >= 0.6 is 0 Å². The SMILES string of the molecule is CC(C)n1cc(-c2ccc(F)cc2)c(=O)c(C(=O)Nc2ccc(-c3nn(CC(F)F)c4ncnc(N)c34)cc2)n1. The van der Waals surface area contributed by atoms with E-state index in [1.807, 2.05) is 13.8 Å². The van der Waals surface area contributed by atoms with E-state index in [9.17, 15) is 22.8 Å². The van der Waals surface area contributed by atoms with Crippen molar-refractivity contribution in [2.75, 3.05) is 11.1 Å². The number of alkyl halides is 2. The zero-order valence-electron chi connectivity index (χ0n) is 21.3. The first-order valence-corrected chi connectivity index (χ1v) is 12.2. The van der Waals surface area contributed by atoms with E-state index in [-0.39, 0.29) is 28.8 Å². The number of hydrogen-bond donors (Lipinski definition) is 2. The first-order chi connectivity index (χ1) is 19.1. The zero-order valence-corrected chi connectivity index (χ0v) is 21.3. The fourth-order valence-corrected chi connectivity index (χ4v) is 4.15.